The highest BCUT2D eigenvalue weighted by Crippen LogP contribution is 2.17. The Labute approximate surface area is 103 Å². The summed E-state index contributed by atoms with van der Waals surface area (Å²) in [6.07, 6.45) is 7.18. The third-order valence-corrected chi connectivity index (χ3v) is 3.40. The minimum absolute atomic E-state index is 0.116. The van der Waals surface area contributed by atoms with Crippen LogP contribution in [0.3, 0.4) is 0 Å². The Kier molecular flexibility index (Phi) is 5.26. The second-order valence-corrected chi connectivity index (χ2v) is 4.85. The number of carbonyl (C=O) groups excluding carboxylic acids is 1. The maximum atomic E-state index is 11.5. The first-order valence-corrected chi connectivity index (χ1v) is 6.73. The van der Waals surface area contributed by atoms with Gasteiger partial charge in [0.15, 0.2) is 0 Å². The Bertz CT molecular complexity index is 230. The Balaban J connectivity index is 1.53. The van der Waals surface area contributed by atoms with Gasteiger partial charge < -0.3 is 14.2 Å². The molecule has 2 unspecified atom stereocenters. The predicted molar refractivity (Wildman–Crippen MR) is 62.8 cm³/mol. The molecule has 2 rings (SSSR count). The van der Waals surface area contributed by atoms with E-state index in [1.807, 2.05) is 0 Å². The lowest BCUT2D eigenvalue weighted by Crippen LogP contribution is -2.26. The monoisotopic (exact) mass is 242 g/mol. The maximum Gasteiger partial charge on any atom is 0.305 e. The molecule has 2 heterocycles. The number of esters is 1. The van der Waals surface area contributed by atoms with Crippen molar-refractivity contribution in [2.75, 3.05) is 19.8 Å². The number of hydrogen-bond donors (Lipinski definition) is 0. The third-order valence-electron chi connectivity index (χ3n) is 3.40. The van der Waals surface area contributed by atoms with E-state index >= 15 is 0 Å². The van der Waals surface area contributed by atoms with Gasteiger partial charge in [-0.15, -0.1) is 0 Å². The molecule has 0 aromatic rings. The van der Waals surface area contributed by atoms with Crippen molar-refractivity contribution in [2.45, 2.75) is 57.2 Å². The molecule has 0 amide bonds. The van der Waals surface area contributed by atoms with E-state index in [1.165, 1.54) is 6.42 Å². The molecule has 2 fully saturated rings. The van der Waals surface area contributed by atoms with Crippen LogP contribution in [-0.2, 0) is 19.0 Å². The van der Waals surface area contributed by atoms with Gasteiger partial charge in [-0.25, -0.2) is 0 Å². The van der Waals surface area contributed by atoms with Crippen molar-refractivity contribution < 1.29 is 19.0 Å². The summed E-state index contributed by atoms with van der Waals surface area (Å²) in [4.78, 5) is 11.5. The second kappa shape index (κ2) is 6.97. The molecule has 2 aliphatic heterocycles. The van der Waals surface area contributed by atoms with Crippen LogP contribution in [0.2, 0.25) is 0 Å². The molecule has 2 atom stereocenters. The standard InChI is InChI=1S/C13H22O4/c14-13(7-6-11-5-3-9-15-11)17-10-12-4-1-2-8-16-12/h11-12H,1-10H2. The maximum absolute atomic E-state index is 11.5. The summed E-state index contributed by atoms with van der Waals surface area (Å²) in [5.41, 5.74) is 0. The normalized spacial score (nSPS) is 29.2. The van der Waals surface area contributed by atoms with Crippen molar-refractivity contribution in [1.29, 1.82) is 0 Å². The first-order chi connectivity index (χ1) is 8.34. The van der Waals surface area contributed by atoms with Crippen molar-refractivity contribution in [2.24, 2.45) is 0 Å². The van der Waals surface area contributed by atoms with E-state index in [9.17, 15) is 4.79 Å². The molecule has 0 radical (unpaired) electrons. The van der Waals surface area contributed by atoms with E-state index in [0.717, 1.165) is 45.3 Å². The van der Waals surface area contributed by atoms with Crippen molar-refractivity contribution in [3.05, 3.63) is 0 Å². The van der Waals surface area contributed by atoms with Gasteiger partial charge >= 0.3 is 5.97 Å². The predicted octanol–water partition coefficient (Wildman–Crippen LogP) is 2.06. The highest BCUT2D eigenvalue weighted by molar-refractivity contribution is 5.69. The van der Waals surface area contributed by atoms with Gasteiger partial charge in [-0.3, -0.25) is 4.79 Å². The van der Waals surface area contributed by atoms with Gasteiger partial charge in [0.1, 0.15) is 6.61 Å². The molecule has 4 nitrogen and oxygen atoms in total. The lowest BCUT2D eigenvalue weighted by molar-refractivity contribution is -0.149. The molecule has 98 valence electrons. The smallest absolute Gasteiger partial charge is 0.305 e. The molecule has 0 bridgehead atoms. The first kappa shape index (κ1) is 12.8. The highest BCUT2D eigenvalue weighted by atomic mass is 16.6. The molecule has 0 aromatic carbocycles. The zero-order valence-electron chi connectivity index (χ0n) is 10.4. The molecule has 2 aliphatic rings. The highest BCUT2D eigenvalue weighted by Gasteiger charge is 2.19. The average molecular weight is 242 g/mol. The summed E-state index contributed by atoms with van der Waals surface area (Å²) in [5, 5.41) is 0. The first-order valence-electron chi connectivity index (χ1n) is 6.73. The van der Waals surface area contributed by atoms with Crippen molar-refractivity contribution in [3.63, 3.8) is 0 Å². The minimum Gasteiger partial charge on any atom is -0.463 e. The van der Waals surface area contributed by atoms with E-state index in [1.54, 1.807) is 0 Å². The molecule has 2 saturated heterocycles. The van der Waals surface area contributed by atoms with Gasteiger partial charge in [-0.1, -0.05) is 0 Å². The number of ether oxygens (including phenoxy) is 3. The fourth-order valence-electron chi connectivity index (χ4n) is 2.35. The summed E-state index contributed by atoms with van der Waals surface area (Å²) in [6.45, 7) is 2.07. The van der Waals surface area contributed by atoms with Crippen LogP contribution in [0.5, 0.6) is 0 Å². The molecule has 0 aliphatic carbocycles. The van der Waals surface area contributed by atoms with Crippen LogP contribution in [0.4, 0.5) is 0 Å². The van der Waals surface area contributed by atoms with Crippen molar-refractivity contribution in [3.8, 4) is 0 Å². The number of rotatable bonds is 5. The largest absolute Gasteiger partial charge is 0.463 e. The van der Waals surface area contributed by atoms with E-state index in [4.69, 9.17) is 14.2 Å². The molecular formula is C13H22O4. The van der Waals surface area contributed by atoms with E-state index in [-0.39, 0.29) is 18.2 Å². The summed E-state index contributed by atoms with van der Waals surface area (Å²) in [5.74, 6) is -0.116. The molecular weight excluding hydrogens is 220 g/mol. The lowest BCUT2D eigenvalue weighted by atomic mass is 10.1. The fourth-order valence-corrected chi connectivity index (χ4v) is 2.35. The van der Waals surface area contributed by atoms with Gasteiger partial charge in [0, 0.05) is 19.6 Å². The Hall–Kier alpha value is -0.610. The minimum atomic E-state index is -0.116. The van der Waals surface area contributed by atoms with Crippen LogP contribution in [0, 0.1) is 0 Å². The van der Waals surface area contributed by atoms with E-state index in [2.05, 4.69) is 0 Å². The molecule has 0 N–H and O–H groups in total. The van der Waals surface area contributed by atoms with Crippen LogP contribution >= 0.6 is 0 Å². The van der Waals surface area contributed by atoms with Gasteiger partial charge in [-0.2, -0.15) is 0 Å². The molecule has 17 heavy (non-hydrogen) atoms. The van der Waals surface area contributed by atoms with Crippen LogP contribution in [0.25, 0.3) is 0 Å². The van der Waals surface area contributed by atoms with Crippen LogP contribution in [-0.4, -0.2) is 38.0 Å². The summed E-state index contributed by atoms with van der Waals surface area (Å²) in [6, 6.07) is 0. The molecule has 0 spiro atoms. The van der Waals surface area contributed by atoms with Gasteiger partial charge in [0.25, 0.3) is 0 Å². The van der Waals surface area contributed by atoms with Crippen LogP contribution in [0.1, 0.15) is 44.9 Å². The van der Waals surface area contributed by atoms with E-state index in [0.29, 0.717) is 13.0 Å². The topological polar surface area (TPSA) is 44.8 Å². The van der Waals surface area contributed by atoms with Crippen LogP contribution in [0.15, 0.2) is 0 Å². The van der Waals surface area contributed by atoms with E-state index < -0.39 is 0 Å². The Morgan fingerprint density at radius 1 is 1.06 bits per heavy atom. The summed E-state index contributed by atoms with van der Waals surface area (Å²) < 4.78 is 16.2. The molecule has 0 saturated carbocycles. The zero-order chi connectivity index (χ0) is 11.9. The zero-order valence-corrected chi connectivity index (χ0v) is 10.4. The van der Waals surface area contributed by atoms with Gasteiger partial charge in [-0.05, 0) is 38.5 Å². The summed E-state index contributed by atoms with van der Waals surface area (Å²) in [7, 11) is 0. The number of hydrogen-bond acceptors (Lipinski definition) is 4. The SMILES string of the molecule is O=C(CCC1CCCO1)OCC1CCCCO1. The van der Waals surface area contributed by atoms with Gasteiger partial charge in [0.2, 0.25) is 0 Å². The summed E-state index contributed by atoms with van der Waals surface area (Å²) >= 11 is 0. The average Bonchev–Trinajstić information content (AvgIpc) is 2.88. The Morgan fingerprint density at radius 2 is 1.82 bits per heavy atom. The molecule has 4 heteroatoms. The van der Waals surface area contributed by atoms with Gasteiger partial charge in [0.05, 0.1) is 12.2 Å². The van der Waals surface area contributed by atoms with Crippen molar-refractivity contribution in [1.82, 2.24) is 0 Å². The third kappa shape index (κ3) is 4.64. The Morgan fingerprint density at radius 3 is 2.53 bits per heavy atom. The second-order valence-electron chi connectivity index (χ2n) is 4.85. The quantitative estimate of drug-likeness (QED) is 0.692. The van der Waals surface area contributed by atoms with Crippen LogP contribution < -0.4 is 0 Å². The lowest BCUT2D eigenvalue weighted by Gasteiger charge is -2.22. The molecule has 0 aromatic heterocycles. The fraction of sp³-hybridized carbons (Fsp3) is 0.923. The van der Waals surface area contributed by atoms with Crippen molar-refractivity contribution >= 4 is 5.97 Å². The number of carbonyl (C=O) groups is 1.